The van der Waals surface area contributed by atoms with Crippen LogP contribution in [0, 0.1) is 0 Å². The third kappa shape index (κ3) is 4.09. The summed E-state index contributed by atoms with van der Waals surface area (Å²) in [6, 6.07) is 10.5. The highest BCUT2D eigenvalue weighted by Gasteiger charge is 2.15. The summed E-state index contributed by atoms with van der Waals surface area (Å²) in [4.78, 5) is 2.44. The van der Waals surface area contributed by atoms with Gasteiger partial charge in [0.15, 0.2) is 5.11 Å². The van der Waals surface area contributed by atoms with Crippen LogP contribution in [0.1, 0.15) is 18.4 Å². The lowest BCUT2D eigenvalue weighted by Gasteiger charge is -2.27. The molecule has 0 spiro atoms. The number of hydrogen-bond acceptors (Lipinski definition) is 3. The Hall–Kier alpha value is -1.46. The van der Waals surface area contributed by atoms with Crippen molar-refractivity contribution in [3.8, 4) is 0 Å². The van der Waals surface area contributed by atoms with Crippen molar-refractivity contribution in [1.29, 1.82) is 0 Å². The Bertz CT molecular complexity index is 420. The number of nitrogens with one attached hydrogen (secondary N) is 1. The molecule has 0 atom stereocenters. The second-order valence-corrected chi connectivity index (χ2v) is 4.86. The zero-order chi connectivity index (χ0) is 12.8. The van der Waals surface area contributed by atoms with Crippen molar-refractivity contribution >= 4 is 23.0 Å². The maximum atomic E-state index is 5.34. The van der Waals surface area contributed by atoms with Gasteiger partial charge in [-0.2, -0.15) is 5.10 Å². The van der Waals surface area contributed by atoms with E-state index in [-0.39, 0.29) is 5.11 Å². The predicted molar refractivity (Wildman–Crippen MR) is 78.3 cm³/mol. The van der Waals surface area contributed by atoms with Crippen LogP contribution in [0.5, 0.6) is 0 Å². The summed E-state index contributed by atoms with van der Waals surface area (Å²) in [5.41, 5.74) is 10.5. The van der Waals surface area contributed by atoms with Crippen molar-refractivity contribution in [1.82, 2.24) is 10.3 Å². The van der Waals surface area contributed by atoms with Crippen molar-refractivity contribution in [3.05, 3.63) is 35.9 Å². The summed E-state index contributed by atoms with van der Waals surface area (Å²) in [6.45, 7) is 3.08. The Labute approximate surface area is 113 Å². The Kier molecular flexibility index (Phi) is 4.66. The van der Waals surface area contributed by atoms with Crippen molar-refractivity contribution < 1.29 is 0 Å². The normalized spacial score (nSPS) is 16.3. The molecule has 1 aromatic carbocycles. The van der Waals surface area contributed by atoms with Gasteiger partial charge >= 0.3 is 0 Å². The molecule has 96 valence electrons. The number of likely N-dealkylation sites (tertiary alicyclic amines) is 1. The highest BCUT2D eigenvalue weighted by Crippen LogP contribution is 2.11. The first-order valence-corrected chi connectivity index (χ1v) is 6.52. The second kappa shape index (κ2) is 6.47. The summed E-state index contributed by atoms with van der Waals surface area (Å²) in [5, 5.41) is 4.43. The Morgan fingerprint density at radius 2 is 1.94 bits per heavy atom. The highest BCUT2D eigenvalue weighted by molar-refractivity contribution is 7.80. The monoisotopic (exact) mass is 262 g/mol. The number of piperidine rings is 1. The lowest BCUT2D eigenvalue weighted by Crippen LogP contribution is -2.35. The minimum atomic E-state index is 0.231. The van der Waals surface area contributed by atoms with Gasteiger partial charge in [-0.15, -0.1) is 0 Å². The second-order valence-electron chi connectivity index (χ2n) is 4.42. The number of nitrogens with zero attached hydrogens (tertiary/aromatic N) is 2. The standard InChI is InChI=1S/C13H18N4S/c14-13(18)16-15-12-6-8-17(9-7-12)10-11-4-2-1-3-5-11/h1-5H,6-10H2,(H3,14,16,18). The minimum Gasteiger partial charge on any atom is -0.375 e. The van der Waals surface area contributed by atoms with Crippen molar-refractivity contribution in [2.45, 2.75) is 19.4 Å². The van der Waals surface area contributed by atoms with Crippen LogP contribution in [0.3, 0.4) is 0 Å². The summed E-state index contributed by atoms with van der Waals surface area (Å²) >= 11 is 4.72. The van der Waals surface area contributed by atoms with E-state index in [1.165, 1.54) is 5.56 Å². The third-order valence-electron chi connectivity index (χ3n) is 3.01. The van der Waals surface area contributed by atoms with Crippen molar-refractivity contribution in [3.63, 3.8) is 0 Å². The smallest absolute Gasteiger partial charge is 0.184 e. The lowest BCUT2D eigenvalue weighted by atomic mass is 10.1. The summed E-state index contributed by atoms with van der Waals surface area (Å²) in [6.07, 6.45) is 1.95. The molecular weight excluding hydrogens is 244 g/mol. The van der Waals surface area contributed by atoms with Gasteiger partial charge in [0, 0.05) is 38.2 Å². The van der Waals surface area contributed by atoms with E-state index >= 15 is 0 Å². The zero-order valence-electron chi connectivity index (χ0n) is 10.3. The van der Waals surface area contributed by atoms with Gasteiger partial charge in [-0.25, -0.2) is 0 Å². The van der Waals surface area contributed by atoms with E-state index < -0.39 is 0 Å². The van der Waals surface area contributed by atoms with E-state index in [0.717, 1.165) is 38.2 Å². The molecule has 4 nitrogen and oxygen atoms in total. The molecule has 0 bridgehead atoms. The Balaban J connectivity index is 1.80. The maximum absolute atomic E-state index is 5.34. The van der Waals surface area contributed by atoms with Gasteiger partial charge in [0.05, 0.1) is 0 Å². The van der Waals surface area contributed by atoms with Crippen LogP contribution in [0.4, 0.5) is 0 Å². The van der Waals surface area contributed by atoms with Crippen LogP contribution in [-0.2, 0) is 6.54 Å². The zero-order valence-corrected chi connectivity index (χ0v) is 11.1. The molecule has 0 amide bonds. The first kappa shape index (κ1) is 13.0. The number of thiocarbonyl (C=S) groups is 1. The molecule has 0 saturated carbocycles. The van der Waals surface area contributed by atoms with E-state index in [0.29, 0.717) is 0 Å². The fraction of sp³-hybridized carbons (Fsp3) is 0.385. The largest absolute Gasteiger partial charge is 0.375 e. The van der Waals surface area contributed by atoms with E-state index in [2.05, 4.69) is 39.7 Å². The quantitative estimate of drug-likeness (QED) is 0.640. The molecule has 1 aromatic rings. The lowest BCUT2D eigenvalue weighted by molar-refractivity contribution is 0.266. The van der Waals surface area contributed by atoms with Crippen LogP contribution >= 0.6 is 12.2 Å². The highest BCUT2D eigenvalue weighted by atomic mass is 32.1. The average molecular weight is 262 g/mol. The molecule has 1 heterocycles. The van der Waals surface area contributed by atoms with Crippen molar-refractivity contribution in [2.24, 2.45) is 10.8 Å². The maximum Gasteiger partial charge on any atom is 0.184 e. The Morgan fingerprint density at radius 3 is 2.56 bits per heavy atom. The number of rotatable bonds is 3. The molecule has 0 unspecified atom stereocenters. The molecule has 18 heavy (non-hydrogen) atoms. The molecule has 0 aromatic heterocycles. The summed E-state index contributed by atoms with van der Waals surface area (Å²) in [5.74, 6) is 0. The van der Waals surface area contributed by atoms with Crippen LogP contribution in [-0.4, -0.2) is 28.8 Å². The van der Waals surface area contributed by atoms with Gasteiger partial charge in [-0.3, -0.25) is 10.3 Å². The molecule has 0 aliphatic carbocycles. The fourth-order valence-corrected chi connectivity index (χ4v) is 2.10. The van der Waals surface area contributed by atoms with Crippen LogP contribution in [0.2, 0.25) is 0 Å². The number of benzene rings is 1. The summed E-state index contributed by atoms with van der Waals surface area (Å²) in [7, 11) is 0. The van der Waals surface area contributed by atoms with E-state index in [1.54, 1.807) is 0 Å². The van der Waals surface area contributed by atoms with Gasteiger partial charge < -0.3 is 5.73 Å². The van der Waals surface area contributed by atoms with Crippen molar-refractivity contribution in [2.75, 3.05) is 13.1 Å². The van der Waals surface area contributed by atoms with Gasteiger partial charge in [-0.05, 0) is 17.8 Å². The van der Waals surface area contributed by atoms with Gasteiger partial charge in [0.1, 0.15) is 0 Å². The first-order valence-electron chi connectivity index (χ1n) is 6.11. The van der Waals surface area contributed by atoms with E-state index in [4.69, 9.17) is 18.0 Å². The van der Waals surface area contributed by atoms with E-state index in [1.807, 2.05) is 6.07 Å². The molecule has 3 N–H and O–H groups in total. The number of nitrogens with two attached hydrogens (primary N) is 1. The molecule has 1 aliphatic heterocycles. The van der Waals surface area contributed by atoms with Gasteiger partial charge in [0.25, 0.3) is 0 Å². The predicted octanol–water partition coefficient (Wildman–Crippen LogP) is 1.47. The van der Waals surface area contributed by atoms with Gasteiger partial charge in [-0.1, -0.05) is 30.3 Å². The first-order chi connectivity index (χ1) is 8.74. The molecule has 2 rings (SSSR count). The summed E-state index contributed by atoms with van der Waals surface area (Å²) < 4.78 is 0. The minimum absolute atomic E-state index is 0.231. The molecular formula is C13H18N4S. The molecule has 1 fully saturated rings. The topological polar surface area (TPSA) is 53.6 Å². The fourth-order valence-electron chi connectivity index (χ4n) is 2.06. The molecule has 0 radical (unpaired) electrons. The number of hydrazone groups is 1. The molecule has 1 aliphatic rings. The third-order valence-corrected chi connectivity index (χ3v) is 3.10. The number of hydrogen-bond donors (Lipinski definition) is 2. The SMILES string of the molecule is NC(=S)NN=C1CCN(Cc2ccccc2)CC1. The van der Waals surface area contributed by atoms with Crippen LogP contribution in [0.15, 0.2) is 35.4 Å². The van der Waals surface area contributed by atoms with Crippen LogP contribution in [0.25, 0.3) is 0 Å². The van der Waals surface area contributed by atoms with Gasteiger partial charge in [0.2, 0.25) is 0 Å². The average Bonchev–Trinajstić information content (AvgIpc) is 2.39. The van der Waals surface area contributed by atoms with E-state index in [9.17, 15) is 0 Å². The molecule has 1 saturated heterocycles. The molecule has 5 heteroatoms. The Morgan fingerprint density at radius 1 is 1.28 bits per heavy atom. The van der Waals surface area contributed by atoms with Crippen LogP contribution < -0.4 is 11.2 Å².